The summed E-state index contributed by atoms with van der Waals surface area (Å²) >= 11 is 0. The first kappa shape index (κ1) is 22.0. The van der Waals surface area contributed by atoms with Gasteiger partial charge in [0.25, 0.3) is 10.0 Å². The van der Waals surface area contributed by atoms with Crippen molar-refractivity contribution in [2.75, 3.05) is 16.2 Å². The van der Waals surface area contributed by atoms with Gasteiger partial charge in [0.1, 0.15) is 6.54 Å². The standard InChI is InChI=1S/C23H22N2O5S/c1-16-10-12-19(13-11-16)31(29,30)25(18-7-5-6-17(2)14-18)15-22(26)24-21-9-4-3-8-20(21)23(27)28/h3-14H,15H2,1-2H3,(H,24,26)(H,27,28). The van der Waals surface area contributed by atoms with Crippen molar-refractivity contribution in [1.82, 2.24) is 0 Å². The van der Waals surface area contributed by atoms with E-state index >= 15 is 0 Å². The van der Waals surface area contributed by atoms with Crippen LogP contribution in [0.2, 0.25) is 0 Å². The molecule has 0 radical (unpaired) electrons. The highest BCUT2D eigenvalue weighted by Gasteiger charge is 2.27. The number of benzene rings is 3. The molecule has 0 aliphatic heterocycles. The topological polar surface area (TPSA) is 104 Å². The quantitative estimate of drug-likeness (QED) is 0.583. The summed E-state index contributed by atoms with van der Waals surface area (Å²) in [6, 6.07) is 19.1. The third-order valence-corrected chi connectivity index (χ3v) is 6.41. The average Bonchev–Trinajstić information content (AvgIpc) is 2.72. The van der Waals surface area contributed by atoms with Crippen LogP contribution in [0.5, 0.6) is 0 Å². The summed E-state index contributed by atoms with van der Waals surface area (Å²) in [6.07, 6.45) is 0. The van der Waals surface area contributed by atoms with E-state index in [1.807, 2.05) is 19.9 Å². The van der Waals surface area contributed by atoms with Gasteiger partial charge in [0.05, 0.1) is 21.8 Å². The lowest BCUT2D eigenvalue weighted by molar-refractivity contribution is -0.114. The first-order valence-corrected chi connectivity index (χ1v) is 10.9. The zero-order valence-corrected chi connectivity index (χ0v) is 17.9. The van der Waals surface area contributed by atoms with Gasteiger partial charge in [0.15, 0.2) is 0 Å². The number of hydrogen-bond donors (Lipinski definition) is 2. The molecular weight excluding hydrogens is 416 g/mol. The number of carbonyl (C=O) groups excluding carboxylic acids is 1. The van der Waals surface area contributed by atoms with Gasteiger partial charge in [0.2, 0.25) is 5.91 Å². The molecule has 3 aromatic carbocycles. The van der Waals surface area contributed by atoms with Crippen LogP contribution in [-0.4, -0.2) is 31.9 Å². The maximum absolute atomic E-state index is 13.4. The number of sulfonamides is 1. The molecule has 0 heterocycles. The number of anilines is 2. The van der Waals surface area contributed by atoms with Crippen LogP contribution in [-0.2, 0) is 14.8 Å². The summed E-state index contributed by atoms with van der Waals surface area (Å²) in [6.45, 7) is 3.15. The number of amides is 1. The minimum absolute atomic E-state index is 0.0540. The Hall–Kier alpha value is -3.65. The number of carboxylic acids is 1. The largest absolute Gasteiger partial charge is 0.478 e. The molecule has 0 aliphatic carbocycles. The van der Waals surface area contributed by atoms with Crippen LogP contribution in [0.15, 0.2) is 77.7 Å². The maximum Gasteiger partial charge on any atom is 0.337 e. The lowest BCUT2D eigenvalue weighted by atomic mass is 10.2. The van der Waals surface area contributed by atoms with Crippen molar-refractivity contribution in [3.05, 3.63) is 89.5 Å². The van der Waals surface area contributed by atoms with Gasteiger partial charge in [-0.2, -0.15) is 0 Å². The molecule has 160 valence electrons. The highest BCUT2D eigenvalue weighted by molar-refractivity contribution is 7.92. The molecule has 1 amide bonds. The molecule has 7 nitrogen and oxygen atoms in total. The second-order valence-corrected chi connectivity index (χ2v) is 8.92. The lowest BCUT2D eigenvalue weighted by Crippen LogP contribution is -2.38. The minimum atomic E-state index is -4.05. The van der Waals surface area contributed by atoms with Gasteiger partial charge in [-0.25, -0.2) is 13.2 Å². The Bertz CT molecular complexity index is 1220. The van der Waals surface area contributed by atoms with E-state index in [9.17, 15) is 23.1 Å². The van der Waals surface area contributed by atoms with Crippen molar-refractivity contribution >= 4 is 33.3 Å². The molecule has 8 heteroatoms. The zero-order chi connectivity index (χ0) is 22.6. The van der Waals surface area contributed by atoms with Crippen molar-refractivity contribution in [3.63, 3.8) is 0 Å². The summed E-state index contributed by atoms with van der Waals surface area (Å²) < 4.78 is 27.8. The zero-order valence-electron chi connectivity index (χ0n) is 17.1. The number of nitrogens with one attached hydrogen (secondary N) is 1. The van der Waals surface area contributed by atoms with Crippen molar-refractivity contribution < 1.29 is 23.1 Å². The molecule has 0 saturated heterocycles. The first-order chi connectivity index (χ1) is 14.7. The molecule has 0 unspecified atom stereocenters. The predicted molar refractivity (Wildman–Crippen MR) is 119 cm³/mol. The molecule has 31 heavy (non-hydrogen) atoms. The van der Waals surface area contributed by atoms with Crippen LogP contribution in [0.1, 0.15) is 21.5 Å². The third kappa shape index (κ3) is 5.10. The summed E-state index contributed by atoms with van der Waals surface area (Å²) in [4.78, 5) is 24.2. The number of rotatable bonds is 7. The van der Waals surface area contributed by atoms with Gasteiger partial charge >= 0.3 is 5.97 Å². The van der Waals surface area contributed by atoms with Crippen LogP contribution in [0.25, 0.3) is 0 Å². The van der Waals surface area contributed by atoms with Crippen LogP contribution in [0.3, 0.4) is 0 Å². The number of hydrogen-bond acceptors (Lipinski definition) is 4. The monoisotopic (exact) mass is 438 g/mol. The molecule has 0 atom stereocenters. The lowest BCUT2D eigenvalue weighted by Gasteiger charge is -2.24. The smallest absolute Gasteiger partial charge is 0.337 e. The average molecular weight is 439 g/mol. The Labute approximate surface area is 181 Å². The Morgan fingerprint density at radius 2 is 1.58 bits per heavy atom. The Morgan fingerprint density at radius 3 is 2.23 bits per heavy atom. The molecule has 0 aliphatic rings. The maximum atomic E-state index is 13.4. The van der Waals surface area contributed by atoms with E-state index in [0.717, 1.165) is 15.4 Å². The number of aromatic carboxylic acids is 1. The second kappa shape index (κ2) is 9.01. The fourth-order valence-corrected chi connectivity index (χ4v) is 4.45. The van der Waals surface area contributed by atoms with E-state index in [2.05, 4.69) is 5.32 Å². The van der Waals surface area contributed by atoms with E-state index in [0.29, 0.717) is 5.69 Å². The van der Waals surface area contributed by atoms with Crippen LogP contribution in [0.4, 0.5) is 11.4 Å². The highest BCUT2D eigenvalue weighted by atomic mass is 32.2. The van der Waals surface area contributed by atoms with Gasteiger partial charge in [0, 0.05) is 0 Å². The summed E-state index contributed by atoms with van der Waals surface area (Å²) in [5, 5.41) is 11.8. The molecular formula is C23H22N2O5S. The SMILES string of the molecule is Cc1ccc(S(=O)(=O)N(CC(=O)Nc2ccccc2C(=O)O)c2cccc(C)c2)cc1. The Morgan fingerprint density at radius 1 is 0.903 bits per heavy atom. The van der Waals surface area contributed by atoms with Gasteiger partial charge in [-0.05, 0) is 55.8 Å². The molecule has 0 bridgehead atoms. The van der Waals surface area contributed by atoms with Crippen molar-refractivity contribution in [2.24, 2.45) is 0 Å². The Balaban J connectivity index is 1.97. The predicted octanol–water partition coefficient (Wildman–Crippen LogP) is 3.84. The number of nitrogens with zero attached hydrogens (tertiary/aromatic N) is 1. The number of aryl methyl sites for hydroxylation is 2. The fourth-order valence-electron chi connectivity index (χ4n) is 3.03. The molecule has 0 spiro atoms. The molecule has 3 aromatic rings. The van der Waals surface area contributed by atoms with Gasteiger partial charge < -0.3 is 10.4 Å². The minimum Gasteiger partial charge on any atom is -0.478 e. The van der Waals surface area contributed by atoms with Crippen LogP contribution >= 0.6 is 0 Å². The summed E-state index contributed by atoms with van der Waals surface area (Å²) in [5.74, 6) is -1.86. The van der Waals surface area contributed by atoms with Crippen LogP contribution in [0, 0.1) is 13.8 Å². The molecule has 3 rings (SSSR count). The van der Waals surface area contributed by atoms with Gasteiger partial charge in [-0.3, -0.25) is 9.10 Å². The highest BCUT2D eigenvalue weighted by Crippen LogP contribution is 2.25. The Kier molecular flexibility index (Phi) is 6.41. The first-order valence-electron chi connectivity index (χ1n) is 9.47. The molecule has 0 aromatic heterocycles. The van der Waals surface area contributed by atoms with E-state index in [-0.39, 0.29) is 16.1 Å². The van der Waals surface area contributed by atoms with Crippen molar-refractivity contribution in [1.29, 1.82) is 0 Å². The van der Waals surface area contributed by atoms with E-state index in [1.54, 1.807) is 42.5 Å². The third-order valence-electron chi connectivity index (χ3n) is 4.62. The molecule has 0 saturated carbocycles. The normalized spacial score (nSPS) is 11.0. The molecule has 2 N–H and O–H groups in total. The second-order valence-electron chi connectivity index (χ2n) is 7.06. The van der Waals surface area contributed by atoms with Crippen LogP contribution < -0.4 is 9.62 Å². The number of carbonyl (C=O) groups is 2. The van der Waals surface area contributed by atoms with E-state index < -0.39 is 28.4 Å². The summed E-state index contributed by atoms with van der Waals surface area (Å²) in [5.41, 5.74) is 2.08. The fraction of sp³-hybridized carbons (Fsp3) is 0.130. The van der Waals surface area contributed by atoms with Gasteiger partial charge in [-0.1, -0.05) is 42.0 Å². The van der Waals surface area contributed by atoms with E-state index in [4.69, 9.17) is 0 Å². The molecule has 0 fully saturated rings. The number of para-hydroxylation sites is 1. The summed E-state index contributed by atoms with van der Waals surface area (Å²) in [7, 11) is -4.05. The number of carboxylic acid groups (broad SMARTS) is 1. The van der Waals surface area contributed by atoms with Crippen molar-refractivity contribution in [3.8, 4) is 0 Å². The van der Waals surface area contributed by atoms with E-state index in [1.165, 1.54) is 24.3 Å². The van der Waals surface area contributed by atoms with Crippen molar-refractivity contribution in [2.45, 2.75) is 18.7 Å². The van der Waals surface area contributed by atoms with Gasteiger partial charge in [-0.15, -0.1) is 0 Å².